The third-order valence-corrected chi connectivity index (χ3v) is 3.90. The Balaban J connectivity index is 2.91. The predicted octanol–water partition coefficient (Wildman–Crippen LogP) is 0.151. The molecule has 0 fully saturated rings. The highest BCUT2D eigenvalue weighted by Gasteiger charge is 2.16. The summed E-state index contributed by atoms with van der Waals surface area (Å²) in [5.41, 5.74) is 0.430. The van der Waals surface area contributed by atoms with Crippen molar-refractivity contribution in [3.05, 3.63) is 35.9 Å². The lowest BCUT2D eigenvalue weighted by atomic mass is 10.2. The molecule has 0 aromatic heterocycles. The number of nitrogens with zero attached hydrogens (tertiary/aromatic N) is 1. The van der Waals surface area contributed by atoms with E-state index in [2.05, 4.69) is 4.72 Å². The maximum Gasteiger partial charge on any atom is 0.328 e. The molecule has 0 aliphatic carbocycles. The largest absolute Gasteiger partial charge is 0.478 e. The normalized spacial score (nSPS) is 11.5. The first kappa shape index (κ1) is 16.9. The minimum atomic E-state index is -3.83. The van der Waals surface area contributed by atoms with E-state index in [-0.39, 0.29) is 17.3 Å². The molecule has 2 N–H and O–H groups in total. The van der Waals surface area contributed by atoms with E-state index in [9.17, 15) is 18.0 Å². The van der Waals surface area contributed by atoms with Crippen molar-refractivity contribution < 1.29 is 23.1 Å². The molecule has 1 amide bonds. The molecule has 0 heterocycles. The second-order valence-electron chi connectivity index (χ2n) is 4.36. The molecule has 21 heavy (non-hydrogen) atoms. The molecule has 0 atom stereocenters. The van der Waals surface area contributed by atoms with Gasteiger partial charge in [0.05, 0.1) is 11.4 Å². The number of hydrogen-bond acceptors (Lipinski definition) is 4. The van der Waals surface area contributed by atoms with Crippen LogP contribution in [-0.4, -0.2) is 50.9 Å². The number of benzene rings is 1. The number of aliphatic carboxylic acids is 1. The van der Waals surface area contributed by atoms with Gasteiger partial charge in [0.2, 0.25) is 15.9 Å². The summed E-state index contributed by atoms with van der Waals surface area (Å²) in [5.74, 6) is -1.50. The summed E-state index contributed by atoms with van der Waals surface area (Å²) in [6.07, 6.45) is 2.20. The monoisotopic (exact) mass is 312 g/mol. The first-order valence-electron chi connectivity index (χ1n) is 5.93. The molecule has 1 aromatic carbocycles. The lowest BCUT2D eigenvalue weighted by Crippen LogP contribution is -2.36. The number of amides is 1. The van der Waals surface area contributed by atoms with Crippen molar-refractivity contribution >= 4 is 28.0 Å². The third-order valence-electron chi connectivity index (χ3n) is 2.50. The lowest BCUT2D eigenvalue weighted by molar-refractivity contribution is -0.131. The van der Waals surface area contributed by atoms with Gasteiger partial charge in [-0.15, -0.1) is 0 Å². The van der Waals surface area contributed by atoms with E-state index in [0.717, 1.165) is 6.08 Å². The maximum absolute atomic E-state index is 12.0. The first-order valence-corrected chi connectivity index (χ1v) is 7.41. The topological polar surface area (TPSA) is 104 Å². The fourth-order valence-corrected chi connectivity index (χ4v) is 2.38. The SMILES string of the molecule is CN(C)C(=O)CNS(=O)(=O)c1cccc(C=CC(=O)O)c1. The van der Waals surface area contributed by atoms with Gasteiger partial charge < -0.3 is 10.0 Å². The molecular weight excluding hydrogens is 296 g/mol. The van der Waals surface area contributed by atoms with Crippen molar-refractivity contribution in [3.8, 4) is 0 Å². The molecule has 0 aliphatic heterocycles. The molecule has 0 saturated carbocycles. The Kier molecular flexibility index (Phi) is 5.62. The van der Waals surface area contributed by atoms with Crippen molar-refractivity contribution in [2.45, 2.75) is 4.90 Å². The highest BCUT2D eigenvalue weighted by atomic mass is 32.2. The van der Waals surface area contributed by atoms with Crippen LogP contribution in [0.15, 0.2) is 35.2 Å². The van der Waals surface area contributed by atoms with Crippen LogP contribution >= 0.6 is 0 Å². The zero-order chi connectivity index (χ0) is 16.0. The van der Waals surface area contributed by atoms with Gasteiger partial charge in [-0.1, -0.05) is 12.1 Å². The predicted molar refractivity (Wildman–Crippen MR) is 77.0 cm³/mol. The quantitative estimate of drug-likeness (QED) is 0.728. The van der Waals surface area contributed by atoms with Gasteiger partial charge in [-0.2, -0.15) is 0 Å². The Morgan fingerprint density at radius 3 is 2.57 bits per heavy atom. The van der Waals surface area contributed by atoms with E-state index in [1.54, 1.807) is 6.07 Å². The number of carbonyl (C=O) groups excluding carboxylic acids is 1. The van der Waals surface area contributed by atoms with E-state index in [1.807, 2.05) is 0 Å². The Bertz CT molecular complexity index is 665. The summed E-state index contributed by atoms with van der Waals surface area (Å²) in [7, 11) is -0.785. The van der Waals surface area contributed by atoms with Gasteiger partial charge in [-0.3, -0.25) is 4.79 Å². The van der Waals surface area contributed by atoms with Crippen LogP contribution in [0.3, 0.4) is 0 Å². The van der Waals surface area contributed by atoms with Gasteiger partial charge in [0.1, 0.15) is 0 Å². The molecule has 0 unspecified atom stereocenters. The Morgan fingerprint density at radius 1 is 1.33 bits per heavy atom. The summed E-state index contributed by atoms with van der Waals surface area (Å²) in [6, 6.07) is 5.75. The molecule has 1 rings (SSSR count). The number of likely N-dealkylation sites (N-methyl/N-ethyl adjacent to an activating group) is 1. The average molecular weight is 312 g/mol. The highest BCUT2D eigenvalue weighted by molar-refractivity contribution is 7.89. The second-order valence-corrected chi connectivity index (χ2v) is 6.12. The van der Waals surface area contributed by atoms with Gasteiger partial charge in [0.15, 0.2) is 0 Å². The van der Waals surface area contributed by atoms with Gasteiger partial charge >= 0.3 is 5.97 Å². The third kappa shape index (κ3) is 5.36. The lowest BCUT2D eigenvalue weighted by Gasteiger charge is -2.11. The number of carboxylic acids is 1. The molecule has 8 heteroatoms. The van der Waals surface area contributed by atoms with Crippen LogP contribution in [-0.2, 0) is 19.6 Å². The zero-order valence-electron chi connectivity index (χ0n) is 11.6. The standard InChI is InChI=1S/C13H16N2O5S/c1-15(2)12(16)9-14-21(19,20)11-5-3-4-10(8-11)6-7-13(17)18/h3-8,14H,9H2,1-2H3,(H,17,18). The van der Waals surface area contributed by atoms with E-state index in [1.165, 1.54) is 43.3 Å². The number of carbonyl (C=O) groups is 2. The van der Waals surface area contributed by atoms with Crippen molar-refractivity contribution in [1.82, 2.24) is 9.62 Å². The van der Waals surface area contributed by atoms with Crippen molar-refractivity contribution in [2.24, 2.45) is 0 Å². The van der Waals surface area contributed by atoms with E-state index < -0.39 is 16.0 Å². The molecule has 0 aliphatic rings. The molecule has 1 aromatic rings. The second kappa shape index (κ2) is 7.00. The summed E-state index contributed by atoms with van der Waals surface area (Å²) in [4.78, 5) is 23.1. The number of rotatable bonds is 6. The molecule has 0 radical (unpaired) electrons. The summed E-state index contributed by atoms with van der Waals surface area (Å²) in [5, 5.41) is 8.54. The number of hydrogen-bond donors (Lipinski definition) is 2. The smallest absolute Gasteiger partial charge is 0.328 e. The number of carboxylic acid groups (broad SMARTS) is 1. The van der Waals surface area contributed by atoms with Crippen LogP contribution in [0.2, 0.25) is 0 Å². The average Bonchev–Trinajstić information content (AvgIpc) is 2.42. The fraction of sp³-hybridized carbons (Fsp3) is 0.231. The summed E-state index contributed by atoms with van der Waals surface area (Å²) >= 11 is 0. The maximum atomic E-state index is 12.0. The molecule has 0 bridgehead atoms. The van der Waals surface area contributed by atoms with Crippen molar-refractivity contribution in [3.63, 3.8) is 0 Å². The first-order chi connectivity index (χ1) is 9.72. The van der Waals surface area contributed by atoms with Crippen LogP contribution < -0.4 is 4.72 Å². The van der Waals surface area contributed by atoms with Gasteiger partial charge in [0, 0.05) is 20.2 Å². The van der Waals surface area contributed by atoms with Crippen LogP contribution in [0.4, 0.5) is 0 Å². The van der Waals surface area contributed by atoms with E-state index in [4.69, 9.17) is 5.11 Å². The van der Waals surface area contributed by atoms with Crippen LogP contribution in [0, 0.1) is 0 Å². The fourth-order valence-electron chi connectivity index (χ4n) is 1.35. The van der Waals surface area contributed by atoms with Gasteiger partial charge in [-0.05, 0) is 23.8 Å². The highest BCUT2D eigenvalue weighted by Crippen LogP contribution is 2.12. The van der Waals surface area contributed by atoms with Crippen molar-refractivity contribution in [1.29, 1.82) is 0 Å². The van der Waals surface area contributed by atoms with Gasteiger partial charge in [-0.25, -0.2) is 17.9 Å². The number of sulfonamides is 1. The summed E-state index contributed by atoms with van der Waals surface area (Å²) in [6.45, 7) is -0.343. The minimum Gasteiger partial charge on any atom is -0.478 e. The Labute approximate surface area is 122 Å². The molecule has 0 spiro atoms. The van der Waals surface area contributed by atoms with Crippen molar-refractivity contribution in [2.75, 3.05) is 20.6 Å². The van der Waals surface area contributed by atoms with E-state index in [0.29, 0.717) is 5.56 Å². The van der Waals surface area contributed by atoms with Crippen LogP contribution in [0.25, 0.3) is 6.08 Å². The number of nitrogens with one attached hydrogen (secondary N) is 1. The van der Waals surface area contributed by atoms with Gasteiger partial charge in [0.25, 0.3) is 0 Å². The molecule has 114 valence electrons. The zero-order valence-corrected chi connectivity index (χ0v) is 12.4. The summed E-state index contributed by atoms with van der Waals surface area (Å²) < 4.78 is 26.2. The van der Waals surface area contributed by atoms with Crippen LogP contribution in [0.5, 0.6) is 0 Å². The Hall–Kier alpha value is -2.19. The molecule has 7 nitrogen and oxygen atoms in total. The Morgan fingerprint density at radius 2 is 2.00 bits per heavy atom. The van der Waals surface area contributed by atoms with E-state index >= 15 is 0 Å². The molecular formula is C13H16N2O5S. The van der Waals surface area contributed by atoms with Crippen LogP contribution in [0.1, 0.15) is 5.56 Å². The molecule has 0 saturated heterocycles. The minimum absolute atomic E-state index is 0.0402.